The van der Waals surface area contributed by atoms with E-state index in [1.165, 1.54) is 29.0 Å². The van der Waals surface area contributed by atoms with Crippen LogP contribution in [0.15, 0.2) is 24.3 Å². The first-order valence-corrected chi connectivity index (χ1v) is 11.1. The summed E-state index contributed by atoms with van der Waals surface area (Å²) < 4.78 is 1.26. The third-order valence-electron chi connectivity index (χ3n) is 5.99. The molecule has 2 unspecified atom stereocenters. The van der Waals surface area contributed by atoms with Crippen molar-refractivity contribution in [1.29, 1.82) is 0 Å². The summed E-state index contributed by atoms with van der Waals surface area (Å²) in [6.45, 7) is 7.64. The SMILES string of the molecule is CC1CCCCC1NC(=O)CN1CCN(Cc2nc3ccccc3s2)CC1. The highest BCUT2D eigenvalue weighted by atomic mass is 32.1. The summed E-state index contributed by atoms with van der Waals surface area (Å²) in [6, 6.07) is 8.72. The number of fused-ring (bicyclic) bond motifs is 1. The number of hydrogen-bond acceptors (Lipinski definition) is 5. The van der Waals surface area contributed by atoms with E-state index in [0.29, 0.717) is 18.5 Å². The van der Waals surface area contributed by atoms with E-state index in [2.05, 4.69) is 40.2 Å². The number of thiazole rings is 1. The quantitative estimate of drug-likeness (QED) is 0.858. The predicted molar refractivity (Wildman–Crippen MR) is 111 cm³/mol. The number of carbonyl (C=O) groups is 1. The molecule has 27 heavy (non-hydrogen) atoms. The Balaban J connectivity index is 1.22. The van der Waals surface area contributed by atoms with Gasteiger partial charge in [-0.25, -0.2) is 4.98 Å². The van der Waals surface area contributed by atoms with E-state index in [9.17, 15) is 4.79 Å². The van der Waals surface area contributed by atoms with Crippen LogP contribution >= 0.6 is 11.3 Å². The molecule has 1 amide bonds. The van der Waals surface area contributed by atoms with Crippen LogP contribution in [0.2, 0.25) is 0 Å². The number of nitrogens with zero attached hydrogens (tertiary/aromatic N) is 3. The van der Waals surface area contributed by atoms with Gasteiger partial charge < -0.3 is 5.32 Å². The Morgan fingerprint density at radius 1 is 1.15 bits per heavy atom. The van der Waals surface area contributed by atoms with Crippen LogP contribution in [-0.2, 0) is 11.3 Å². The lowest BCUT2D eigenvalue weighted by Crippen LogP contribution is -2.51. The smallest absolute Gasteiger partial charge is 0.234 e. The lowest BCUT2D eigenvalue weighted by molar-refractivity contribution is -0.124. The lowest BCUT2D eigenvalue weighted by Gasteiger charge is -2.35. The molecule has 1 saturated carbocycles. The van der Waals surface area contributed by atoms with Crippen molar-refractivity contribution in [3.05, 3.63) is 29.3 Å². The molecule has 2 fully saturated rings. The van der Waals surface area contributed by atoms with E-state index in [1.807, 2.05) is 6.07 Å². The van der Waals surface area contributed by atoms with E-state index in [1.54, 1.807) is 11.3 Å². The molecule has 2 heterocycles. The lowest BCUT2D eigenvalue weighted by atomic mass is 9.86. The van der Waals surface area contributed by atoms with Gasteiger partial charge in [0.1, 0.15) is 5.01 Å². The third-order valence-corrected chi connectivity index (χ3v) is 7.01. The van der Waals surface area contributed by atoms with Crippen molar-refractivity contribution in [3.8, 4) is 0 Å². The van der Waals surface area contributed by atoms with E-state index in [0.717, 1.165) is 44.7 Å². The van der Waals surface area contributed by atoms with Crippen LogP contribution < -0.4 is 5.32 Å². The van der Waals surface area contributed by atoms with Crippen molar-refractivity contribution in [2.45, 2.75) is 45.2 Å². The second-order valence-corrected chi connectivity index (χ2v) is 9.18. The topological polar surface area (TPSA) is 48.5 Å². The number of nitrogens with one attached hydrogen (secondary N) is 1. The summed E-state index contributed by atoms with van der Waals surface area (Å²) in [4.78, 5) is 21.9. The second kappa shape index (κ2) is 8.67. The minimum absolute atomic E-state index is 0.202. The van der Waals surface area contributed by atoms with Crippen molar-refractivity contribution < 1.29 is 4.79 Å². The van der Waals surface area contributed by atoms with Crippen molar-refractivity contribution in [3.63, 3.8) is 0 Å². The molecule has 1 saturated heterocycles. The zero-order chi connectivity index (χ0) is 18.6. The number of para-hydroxylation sites is 1. The fraction of sp³-hybridized carbons (Fsp3) is 0.619. The molecule has 6 heteroatoms. The predicted octanol–water partition coefficient (Wildman–Crippen LogP) is 3.11. The van der Waals surface area contributed by atoms with Crippen LogP contribution in [0.1, 0.15) is 37.6 Å². The summed E-state index contributed by atoms with van der Waals surface area (Å²) in [5.41, 5.74) is 1.10. The average Bonchev–Trinajstić information content (AvgIpc) is 3.07. The van der Waals surface area contributed by atoms with Crippen molar-refractivity contribution in [2.24, 2.45) is 5.92 Å². The maximum absolute atomic E-state index is 12.4. The van der Waals surface area contributed by atoms with Gasteiger partial charge in [-0.1, -0.05) is 31.9 Å². The molecular formula is C21H30N4OS. The van der Waals surface area contributed by atoms with Gasteiger partial charge in [-0.15, -0.1) is 11.3 Å². The normalized spacial score (nSPS) is 24.9. The minimum Gasteiger partial charge on any atom is -0.352 e. The number of benzene rings is 1. The van der Waals surface area contributed by atoms with Crippen molar-refractivity contribution >= 4 is 27.5 Å². The molecule has 0 spiro atoms. The number of rotatable bonds is 5. The zero-order valence-electron chi connectivity index (χ0n) is 16.2. The molecule has 2 aromatic rings. The van der Waals surface area contributed by atoms with Crippen LogP contribution in [0.25, 0.3) is 10.2 Å². The van der Waals surface area contributed by atoms with Gasteiger partial charge in [-0.3, -0.25) is 14.6 Å². The summed E-state index contributed by atoms with van der Waals surface area (Å²) in [5, 5.41) is 4.47. The molecule has 2 aliphatic rings. The number of carbonyl (C=O) groups excluding carboxylic acids is 1. The Bertz CT molecular complexity index is 735. The molecule has 146 valence electrons. The highest BCUT2D eigenvalue weighted by molar-refractivity contribution is 7.18. The molecule has 1 aromatic carbocycles. The van der Waals surface area contributed by atoms with E-state index < -0.39 is 0 Å². The van der Waals surface area contributed by atoms with E-state index in [-0.39, 0.29) is 5.91 Å². The number of hydrogen-bond donors (Lipinski definition) is 1. The molecule has 1 aliphatic carbocycles. The second-order valence-electron chi connectivity index (χ2n) is 8.06. The summed E-state index contributed by atoms with van der Waals surface area (Å²) in [7, 11) is 0. The molecule has 2 atom stereocenters. The van der Waals surface area contributed by atoms with Gasteiger partial charge in [-0.05, 0) is 30.9 Å². The van der Waals surface area contributed by atoms with Gasteiger partial charge in [0, 0.05) is 32.2 Å². The van der Waals surface area contributed by atoms with Gasteiger partial charge in [0.15, 0.2) is 0 Å². The first kappa shape index (κ1) is 18.8. The van der Waals surface area contributed by atoms with Crippen LogP contribution in [-0.4, -0.2) is 59.5 Å². The highest BCUT2D eigenvalue weighted by Gasteiger charge is 2.25. The first-order valence-electron chi connectivity index (χ1n) is 10.3. The Morgan fingerprint density at radius 2 is 1.89 bits per heavy atom. The summed E-state index contributed by atoms with van der Waals surface area (Å²) >= 11 is 1.79. The number of amides is 1. The summed E-state index contributed by atoms with van der Waals surface area (Å²) in [6.07, 6.45) is 4.95. The molecule has 1 aliphatic heterocycles. The molecule has 0 bridgehead atoms. The zero-order valence-corrected chi connectivity index (χ0v) is 17.0. The standard InChI is InChI=1S/C21H30N4OS/c1-16-6-2-3-7-17(16)22-20(26)14-24-10-12-25(13-11-24)15-21-23-18-8-4-5-9-19(18)27-21/h4-5,8-9,16-17H,2-3,6-7,10-15H2,1H3,(H,22,26). The fourth-order valence-electron chi connectivity index (χ4n) is 4.27. The van der Waals surface area contributed by atoms with E-state index in [4.69, 9.17) is 4.98 Å². The van der Waals surface area contributed by atoms with Crippen LogP contribution in [0, 0.1) is 5.92 Å². The molecule has 4 rings (SSSR count). The third kappa shape index (κ3) is 4.86. The first-order chi connectivity index (χ1) is 13.2. The molecular weight excluding hydrogens is 356 g/mol. The average molecular weight is 387 g/mol. The number of aromatic nitrogens is 1. The molecule has 1 aromatic heterocycles. The number of piperazine rings is 1. The van der Waals surface area contributed by atoms with Gasteiger partial charge in [0.2, 0.25) is 5.91 Å². The van der Waals surface area contributed by atoms with Crippen molar-refractivity contribution in [2.75, 3.05) is 32.7 Å². The van der Waals surface area contributed by atoms with Crippen LogP contribution in [0.5, 0.6) is 0 Å². The Hall–Kier alpha value is -1.50. The maximum Gasteiger partial charge on any atom is 0.234 e. The van der Waals surface area contributed by atoms with Crippen LogP contribution in [0.4, 0.5) is 0 Å². The Kier molecular flexibility index (Phi) is 6.05. The fourth-order valence-corrected chi connectivity index (χ4v) is 5.28. The van der Waals surface area contributed by atoms with E-state index >= 15 is 0 Å². The van der Waals surface area contributed by atoms with Gasteiger partial charge in [0.05, 0.1) is 23.3 Å². The maximum atomic E-state index is 12.4. The molecule has 1 N–H and O–H groups in total. The van der Waals surface area contributed by atoms with Crippen LogP contribution in [0.3, 0.4) is 0 Å². The highest BCUT2D eigenvalue weighted by Crippen LogP contribution is 2.24. The Labute approximate surface area is 165 Å². The van der Waals surface area contributed by atoms with Gasteiger partial charge in [0.25, 0.3) is 0 Å². The van der Waals surface area contributed by atoms with Gasteiger partial charge in [-0.2, -0.15) is 0 Å². The van der Waals surface area contributed by atoms with Crippen molar-refractivity contribution in [1.82, 2.24) is 20.1 Å². The minimum atomic E-state index is 0.202. The van der Waals surface area contributed by atoms with Gasteiger partial charge >= 0.3 is 0 Å². The molecule has 5 nitrogen and oxygen atoms in total. The largest absolute Gasteiger partial charge is 0.352 e. The Morgan fingerprint density at radius 3 is 2.67 bits per heavy atom. The summed E-state index contributed by atoms with van der Waals surface area (Å²) in [5.74, 6) is 0.821. The monoisotopic (exact) mass is 386 g/mol. The molecule has 0 radical (unpaired) electrons.